The third kappa shape index (κ3) is 1.58. The first-order chi connectivity index (χ1) is 10.8. The highest BCUT2D eigenvalue weighted by atomic mass is 16.5. The van der Waals surface area contributed by atoms with Crippen LogP contribution in [0.2, 0.25) is 0 Å². The largest absolute Gasteiger partial charge is 0.435 e. The van der Waals surface area contributed by atoms with Gasteiger partial charge in [-0.15, -0.1) is 0 Å². The van der Waals surface area contributed by atoms with E-state index in [0.29, 0.717) is 12.6 Å². The van der Waals surface area contributed by atoms with Crippen molar-refractivity contribution in [3.63, 3.8) is 0 Å². The van der Waals surface area contributed by atoms with E-state index in [9.17, 15) is 0 Å². The summed E-state index contributed by atoms with van der Waals surface area (Å²) in [5.74, 6) is 1.84. The van der Waals surface area contributed by atoms with Gasteiger partial charge in [-0.1, -0.05) is 31.0 Å². The summed E-state index contributed by atoms with van der Waals surface area (Å²) < 4.78 is 8.58. The average molecular weight is 290 g/mol. The van der Waals surface area contributed by atoms with Crippen LogP contribution in [0, 0.1) is 6.92 Å². The lowest BCUT2D eigenvalue weighted by Crippen LogP contribution is -2.42. The second-order valence-electron chi connectivity index (χ2n) is 6.74. The molecular weight excluding hydrogens is 270 g/mol. The lowest BCUT2D eigenvalue weighted by atomic mass is 9.92. The molecular formula is C20H20NO+. The van der Waals surface area contributed by atoms with E-state index in [4.69, 9.17) is 4.74 Å². The molecule has 0 atom stereocenters. The molecule has 1 aliphatic carbocycles. The predicted octanol–water partition coefficient (Wildman–Crippen LogP) is 4.60. The van der Waals surface area contributed by atoms with Crippen molar-refractivity contribution in [2.24, 2.45) is 0 Å². The second-order valence-corrected chi connectivity index (χ2v) is 6.74. The Kier molecular flexibility index (Phi) is 2.52. The molecule has 3 aromatic rings. The second kappa shape index (κ2) is 4.45. The number of nitrogens with zero attached hydrogens (tertiary/aromatic N) is 1. The Morgan fingerprint density at radius 3 is 2.55 bits per heavy atom. The number of benzene rings is 2. The molecule has 0 N–H and O–H groups in total. The van der Waals surface area contributed by atoms with Gasteiger partial charge in [0.1, 0.15) is 5.75 Å². The summed E-state index contributed by atoms with van der Waals surface area (Å²) in [6.07, 6.45) is 5.34. The van der Waals surface area contributed by atoms with Crippen molar-refractivity contribution in [3.05, 3.63) is 47.7 Å². The zero-order chi connectivity index (χ0) is 14.7. The molecule has 0 bridgehead atoms. The topological polar surface area (TPSA) is 13.1 Å². The maximum atomic E-state index is 6.27. The van der Waals surface area contributed by atoms with Gasteiger partial charge >= 0.3 is 0 Å². The van der Waals surface area contributed by atoms with Crippen molar-refractivity contribution in [2.45, 2.75) is 45.3 Å². The number of pyridine rings is 1. The summed E-state index contributed by atoms with van der Waals surface area (Å²) in [5.41, 5.74) is 4.04. The standard InChI is InChI=1S/C20H20NO/c1-13-6-7-16-9-8-15-10-11-17(14-4-2-3-5-14)20-18(15)19(16)21(13)12-22-20/h6-11,14H,2-5,12H2,1H3/q+1. The minimum absolute atomic E-state index is 0.638. The number of rotatable bonds is 1. The van der Waals surface area contributed by atoms with Crippen LogP contribution in [0.25, 0.3) is 21.7 Å². The molecule has 110 valence electrons. The van der Waals surface area contributed by atoms with Crippen LogP contribution in [-0.4, -0.2) is 0 Å². The van der Waals surface area contributed by atoms with Gasteiger partial charge in [-0.25, -0.2) is 0 Å². The third-order valence-electron chi connectivity index (χ3n) is 5.51. The van der Waals surface area contributed by atoms with E-state index in [1.165, 1.54) is 58.6 Å². The first kappa shape index (κ1) is 12.5. The molecule has 0 amide bonds. The third-order valence-corrected chi connectivity index (χ3v) is 5.51. The van der Waals surface area contributed by atoms with Crippen molar-refractivity contribution >= 4 is 21.7 Å². The SMILES string of the molecule is Cc1ccc2ccc3ccc(C4CCCC4)c4c3c2[n+]1CO4. The molecule has 22 heavy (non-hydrogen) atoms. The molecule has 1 aliphatic heterocycles. The summed E-state index contributed by atoms with van der Waals surface area (Å²) in [5, 5.41) is 3.92. The van der Waals surface area contributed by atoms with Crippen LogP contribution in [0.1, 0.15) is 42.9 Å². The monoisotopic (exact) mass is 290 g/mol. The molecule has 2 heterocycles. The number of ether oxygens (including phenoxy) is 1. The van der Waals surface area contributed by atoms with Gasteiger partial charge in [-0.2, -0.15) is 4.57 Å². The molecule has 1 fully saturated rings. The number of aromatic nitrogens is 1. The molecule has 5 rings (SSSR count). The Morgan fingerprint density at radius 2 is 1.68 bits per heavy atom. The first-order valence-corrected chi connectivity index (χ1v) is 8.34. The Labute approximate surface area is 130 Å². The van der Waals surface area contributed by atoms with E-state index in [0.717, 1.165) is 5.75 Å². The van der Waals surface area contributed by atoms with Gasteiger partial charge in [-0.05, 0) is 41.8 Å². The Hall–Kier alpha value is -2.09. The van der Waals surface area contributed by atoms with E-state index in [1.54, 1.807) is 0 Å². The molecule has 1 aromatic heterocycles. The maximum Gasteiger partial charge on any atom is 0.292 e. The summed E-state index contributed by atoms with van der Waals surface area (Å²) in [6.45, 7) is 2.80. The number of hydrogen-bond donors (Lipinski definition) is 0. The number of hydrogen-bond acceptors (Lipinski definition) is 1. The lowest BCUT2D eigenvalue weighted by Gasteiger charge is -2.21. The molecule has 2 nitrogen and oxygen atoms in total. The Morgan fingerprint density at radius 1 is 0.955 bits per heavy atom. The fourth-order valence-electron chi connectivity index (χ4n) is 4.31. The molecule has 2 aromatic carbocycles. The molecule has 1 saturated carbocycles. The first-order valence-electron chi connectivity index (χ1n) is 8.34. The van der Waals surface area contributed by atoms with Crippen LogP contribution in [0.3, 0.4) is 0 Å². The summed E-state index contributed by atoms with van der Waals surface area (Å²) in [6, 6.07) is 13.5. The van der Waals surface area contributed by atoms with Gasteiger partial charge in [0, 0.05) is 18.4 Å². The smallest absolute Gasteiger partial charge is 0.292 e. The molecule has 2 aliphatic rings. The van der Waals surface area contributed by atoms with Crippen molar-refractivity contribution in [3.8, 4) is 5.75 Å². The lowest BCUT2D eigenvalue weighted by molar-refractivity contribution is -0.707. The van der Waals surface area contributed by atoms with Crippen LogP contribution in [0.5, 0.6) is 5.75 Å². The summed E-state index contributed by atoms with van der Waals surface area (Å²) in [4.78, 5) is 0. The quantitative estimate of drug-likeness (QED) is 0.471. The van der Waals surface area contributed by atoms with Crippen molar-refractivity contribution in [2.75, 3.05) is 0 Å². The van der Waals surface area contributed by atoms with E-state index < -0.39 is 0 Å². The normalized spacial score (nSPS) is 17.5. The van der Waals surface area contributed by atoms with Gasteiger partial charge in [0.2, 0.25) is 5.52 Å². The van der Waals surface area contributed by atoms with E-state index in [1.807, 2.05) is 0 Å². The zero-order valence-electron chi connectivity index (χ0n) is 12.9. The maximum absolute atomic E-state index is 6.27. The minimum atomic E-state index is 0.638. The van der Waals surface area contributed by atoms with Crippen LogP contribution in [0.15, 0.2) is 36.4 Å². The average Bonchev–Trinajstić information content (AvgIpc) is 3.08. The fourth-order valence-corrected chi connectivity index (χ4v) is 4.31. The molecule has 0 radical (unpaired) electrons. The van der Waals surface area contributed by atoms with Crippen LogP contribution < -0.4 is 9.30 Å². The van der Waals surface area contributed by atoms with Crippen molar-refractivity contribution in [1.29, 1.82) is 0 Å². The molecule has 0 unspecified atom stereocenters. The highest BCUT2D eigenvalue weighted by Gasteiger charge is 2.29. The molecule has 2 heteroatoms. The molecule has 0 spiro atoms. The van der Waals surface area contributed by atoms with Crippen molar-refractivity contribution < 1.29 is 9.30 Å². The summed E-state index contributed by atoms with van der Waals surface area (Å²) in [7, 11) is 0. The Bertz CT molecular complexity index is 907. The van der Waals surface area contributed by atoms with E-state index in [2.05, 4.69) is 47.9 Å². The van der Waals surface area contributed by atoms with E-state index >= 15 is 0 Å². The molecule has 0 saturated heterocycles. The van der Waals surface area contributed by atoms with Gasteiger partial charge in [-0.3, -0.25) is 0 Å². The minimum Gasteiger partial charge on any atom is -0.435 e. The van der Waals surface area contributed by atoms with Crippen LogP contribution in [-0.2, 0) is 6.73 Å². The number of aryl methyl sites for hydroxylation is 1. The fraction of sp³-hybridized carbons (Fsp3) is 0.350. The van der Waals surface area contributed by atoms with Crippen LogP contribution >= 0.6 is 0 Å². The summed E-state index contributed by atoms with van der Waals surface area (Å²) >= 11 is 0. The Balaban J connectivity index is 1.92. The van der Waals surface area contributed by atoms with Gasteiger partial charge in [0.05, 0.1) is 5.39 Å². The zero-order valence-corrected chi connectivity index (χ0v) is 12.9. The highest BCUT2D eigenvalue weighted by Crippen LogP contribution is 2.44. The highest BCUT2D eigenvalue weighted by molar-refractivity contribution is 6.07. The van der Waals surface area contributed by atoms with Crippen molar-refractivity contribution in [1.82, 2.24) is 0 Å². The van der Waals surface area contributed by atoms with Gasteiger partial charge < -0.3 is 4.74 Å². The van der Waals surface area contributed by atoms with Crippen LogP contribution in [0.4, 0.5) is 0 Å². The van der Waals surface area contributed by atoms with Gasteiger partial charge in [0.15, 0.2) is 5.69 Å². The van der Waals surface area contributed by atoms with E-state index in [-0.39, 0.29) is 0 Å². The van der Waals surface area contributed by atoms with Gasteiger partial charge in [0.25, 0.3) is 6.73 Å². The predicted molar refractivity (Wildman–Crippen MR) is 88.2 cm³/mol.